The first-order chi connectivity index (χ1) is 10.5. The van der Waals surface area contributed by atoms with Crippen molar-refractivity contribution in [2.75, 3.05) is 7.11 Å². The van der Waals surface area contributed by atoms with E-state index in [9.17, 15) is 14.7 Å². The van der Waals surface area contributed by atoms with Crippen LogP contribution in [0.15, 0.2) is 18.2 Å². The molecule has 22 heavy (non-hydrogen) atoms. The van der Waals surface area contributed by atoms with Crippen LogP contribution in [0.25, 0.3) is 10.1 Å². The normalized spacial score (nSPS) is 15.5. The molecule has 1 fully saturated rings. The first kappa shape index (κ1) is 14.8. The van der Waals surface area contributed by atoms with Gasteiger partial charge in [0.2, 0.25) is 0 Å². The molecule has 0 saturated heterocycles. The van der Waals surface area contributed by atoms with E-state index >= 15 is 0 Å². The van der Waals surface area contributed by atoms with Crippen molar-refractivity contribution in [3.8, 4) is 5.75 Å². The van der Waals surface area contributed by atoms with Crippen LogP contribution in [0.1, 0.15) is 28.1 Å². The van der Waals surface area contributed by atoms with Crippen LogP contribution in [-0.4, -0.2) is 30.1 Å². The third-order valence-corrected chi connectivity index (χ3v) is 5.27. The summed E-state index contributed by atoms with van der Waals surface area (Å²) < 4.78 is 6.20. The van der Waals surface area contributed by atoms with Crippen molar-refractivity contribution in [2.24, 2.45) is 5.92 Å². The summed E-state index contributed by atoms with van der Waals surface area (Å²) in [6.45, 7) is 1.88. The third kappa shape index (κ3) is 2.66. The van der Waals surface area contributed by atoms with Crippen LogP contribution >= 0.6 is 11.3 Å². The number of fused-ring (bicyclic) bond motifs is 1. The first-order valence-electron chi connectivity index (χ1n) is 7.12. The molecule has 1 atom stereocenters. The zero-order valence-electron chi connectivity index (χ0n) is 12.4. The number of rotatable bonds is 5. The summed E-state index contributed by atoms with van der Waals surface area (Å²) in [6.07, 6.45) is 1.72. The van der Waals surface area contributed by atoms with Crippen molar-refractivity contribution in [2.45, 2.75) is 25.8 Å². The number of aryl methyl sites for hydroxylation is 1. The number of thiophene rings is 1. The lowest BCUT2D eigenvalue weighted by molar-refractivity contribution is -0.139. The number of carboxylic acid groups (broad SMARTS) is 1. The van der Waals surface area contributed by atoms with Gasteiger partial charge in [0.05, 0.1) is 12.0 Å². The minimum atomic E-state index is -0.962. The summed E-state index contributed by atoms with van der Waals surface area (Å²) in [6, 6.07) is 4.88. The van der Waals surface area contributed by atoms with Gasteiger partial charge in [0.15, 0.2) is 0 Å². The maximum Gasteiger partial charge on any atom is 0.326 e. The number of amides is 1. The minimum absolute atomic E-state index is 0.0660. The first-order valence-corrected chi connectivity index (χ1v) is 7.93. The summed E-state index contributed by atoms with van der Waals surface area (Å²) in [4.78, 5) is 24.3. The number of ether oxygens (including phenoxy) is 1. The molecule has 0 radical (unpaired) electrons. The highest BCUT2D eigenvalue weighted by molar-refractivity contribution is 7.21. The van der Waals surface area contributed by atoms with E-state index in [1.807, 2.05) is 25.1 Å². The Morgan fingerprint density at radius 1 is 1.41 bits per heavy atom. The molecule has 1 heterocycles. The number of aliphatic carboxylic acids is 1. The van der Waals surface area contributed by atoms with Gasteiger partial charge in [-0.15, -0.1) is 11.3 Å². The van der Waals surface area contributed by atoms with Crippen molar-refractivity contribution in [1.82, 2.24) is 5.32 Å². The van der Waals surface area contributed by atoms with Gasteiger partial charge in [-0.3, -0.25) is 4.79 Å². The lowest BCUT2D eigenvalue weighted by atomic mass is 10.1. The summed E-state index contributed by atoms with van der Waals surface area (Å²) in [7, 11) is 1.60. The molecular weight excluding hydrogens is 302 g/mol. The van der Waals surface area contributed by atoms with Crippen molar-refractivity contribution in [1.29, 1.82) is 0 Å². The summed E-state index contributed by atoms with van der Waals surface area (Å²) in [5.41, 5.74) is 0.858. The second-order valence-corrected chi connectivity index (χ2v) is 6.60. The van der Waals surface area contributed by atoms with Gasteiger partial charge in [-0.25, -0.2) is 4.79 Å². The number of hydrogen-bond acceptors (Lipinski definition) is 4. The largest absolute Gasteiger partial charge is 0.497 e. The van der Waals surface area contributed by atoms with Crippen molar-refractivity contribution in [3.63, 3.8) is 0 Å². The van der Waals surface area contributed by atoms with Crippen LogP contribution in [0.2, 0.25) is 0 Å². The zero-order valence-corrected chi connectivity index (χ0v) is 13.2. The highest BCUT2D eigenvalue weighted by Crippen LogP contribution is 2.35. The van der Waals surface area contributed by atoms with Gasteiger partial charge in [-0.1, -0.05) is 0 Å². The Bertz CT molecular complexity index is 748. The highest BCUT2D eigenvalue weighted by Gasteiger charge is 2.37. The van der Waals surface area contributed by atoms with Crippen LogP contribution in [0.5, 0.6) is 5.75 Å². The van der Waals surface area contributed by atoms with E-state index in [1.54, 1.807) is 7.11 Å². The quantitative estimate of drug-likeness (QED) is 0.888. The molecule has 0 bridgehead atoms. The summed E-state index contributed by atoms with van der Waals surface area (Å²) >= 11 is 1.38. The van der Waals surface area contributed by atoms with Gasteiger partial charge in [0.25, 0.3) is 5.91 Å². The molecule has 1 saturated carbocycles. The average Bonchev–Trinajstić information content (AvgIpc) is 3.28. The Hall–Kier alpha value is -2.08. The number of nitrogens with one attached hydrogen (secondary N) is 1. The minimum Gasteiger partial charge on any atom is -0.497 e. The molecule has 1 aliphatic rings. The van der Waals surface area contributed by atoms with Crippen LogP contribution < -0.4 is 10.1 Å². The molecule has 6 heteroatoms. The van der Waals surface area contributed by atoms with E-state index < -0.39 is 12.0 Å². The molecule has 116 valence electrons. The van der Waals surface area contributed by atoms with Gasteiger partial charge in [-0.05, 0) is 54.8 Å². The number of methoxy groups -OCH3 is 1. The molecule has 1 unspecified atom stereocenters. The highest BCUT2D eigenvalue weighted by atomic mass is 32.1. The summed E-state index contributed by atoms with van der Waals surface area (Å²) in [5.74, 6) is -0.466. The van der Waals surface area contributed by atoms with Crippen LogP contribution in [0, 0.1) is 12.8 Å². The third-order valence-electron chi connectivity index (χ3n) is 4.00. The molecular formula is C16H17NO4S. The number of carboxylic acids is 1. The molecule has 3 rings (SSSR count). The Kier molecular flexibility index (Phi) is 3.78. The fourth-order valence-electron chi connectivity index (χ4n) is 2.56. The predicted octanol–water partition coefficient (Wildman–Crippen LogP) is 2.81. The van der Waals surface area contributed by atoms with Crippen LogP contribution in [-0.2, 0) is 4.79 Å². The lowest BCUT2D eigenvalue weighted by Gasteiger charge is -2.13. The maximum absolute atomic E-state index is 12.4. The molecule has 1 aliphatic carbocycles. The molecule has 0 aliphatic heterocycles. The zero-order chi connectivity index (χ0) is 15.9. The number of carbonyl (C=O) groups is 2. The van der Waals surface area contributed by atoms with Crippen molar-refractivity contribution < 1.29 is 19.4 Å². The molecule has 1 amide bonds. The lowest BCUT2D eigenvalue weighted by Crippen LogP contribution is -2.42. The molecule has 1 aromatic heterocycles. The number of hydrogen-bond donors (Lipinski definition) is 2. The molecule has 1 aromatic carbocycles. The van der Waals surface area contributed by atoms with E-state index in [0.29, 0.717) is 4.88 Å². The van der Waals surface area contributed by atoms with Gasteiger partial charge in [-0.2, -0.15) is 0 Å². The van der Waals surface area contributed by atoms with E-state index in [-0.39, 0.29) is 11.8 Å². The Labute approximate surface area is 131 Å². The Morgan fingerprint density at radius 3 is 2.73 bits per heavy atom. The smallest absolute Gasteiger partial charge is 0.326 e. The number of carbonyl (C=O) groups excluding carboxylic acids is 1. The van der Waals surface area contributed by atoms with E-state index in [4.69, 9.17) is 4.74 Å². The molecule has 5 nitrogen and oxygen atoms in total. The van der Waals surface area contributed by atoms with Gasteiger partial charge in [0, 0.05) is 4.70 Å². The number of benzene rings is 1. The topological polar surface area (TPSA) is 75.6 Å². The van der Waals surface area contributed by atoms with E-state index in [1.165, 1.54) is 11.3 Å². The second kappa shape index (κ2) is 5.61. The van der Waals surface area contributed by atoms with Gasteiger partial charge in [0.1, 0.15) is 11.8 Å². The molecule has 2 N–H and O–H groups in total. The van der Waals surface area contributed by atoms with Crippen LogP contribution in [0.3, 0.4) is 0 Å². The average molecular weight is 319 g/mol. The SMILES string of the molecule is COc1ccc2sc(C(=O)NC(C(=O)O)C3CC3)c(C)c2c1. The fourth-order valence-corrected chi connectivity index (χ4v) is 3.65. The molecule has 0 spiro atoms. The standard InChI is InChI=1S/C16H17NO4S/c1-8-11-7-10(21-2)5-6-12(11)22-14(8)15(18)17-13(16(19)20)9-3-4-9/h5-7,9,13H,3-4H2,1-2H3,(H,17,18)(H,19,20). The maximum atomic E-state index is 12.4. The Morgan fingerprint density at radius 2 is 2.14 bits per heavy atom. The monoisotopic (exact) mass is 319 g/mol. The fraction of sp³-hybridized carbons (Fsp3) is 0.375. The van der Waals surface area contributed by atoms with Crippen molar-refractivity contribution in [3.05, 3.63) is 28.6 Å². The Balaban J connectivity index is 1.90. The molecule has 2 aromatic rings. The van der Waals surface area contributed by atoms with Crippen LogP contribution in [0.4, 0.5) is 0 Å². The van der Waals surface area contributed by atoms with Gasteiger partial charge >= 0.3 is 5.97 Å². The second-order valence-electron chi connectivity index (χ2n) is 5.55. The van der Waals surface area contributed by atoms with E-state index in [2.05, 4.69) is 5.32 Å². The van der Waals surface area contributed by atoms with Gasteiger partial charge < -0.3 is 15.2 Å². The van der Waals surface area contributed by atoms with E-state index in [0.717, 1.165) is 34.2 Å². The predicted molar refractivity (Wildman–Crippen MR) is 84.7 cm³/mol. The summed E-state index contributed by atoms with van der Waals surface area (Å²) in [5, 5.41) is 12.9. The van der Waals surface area contributed by atoms with Crippen molar-refractivity contribution >= 4 is 33.3 Å².